The molecule has 0 fully saturated rings. The van der Waals surface area contributed by atoms with Crippen LogP contribution in [0, 0.1) is 0 Å². The first-order valence-electron chi connectivity index (χ1n) is 10.0. The molecule has 0 aliphatic heterocycles. The van der Waals surface area contributed by atoms with Crippen LogP contribution >= 0.6 is 34.5 Å². The summed E-state index contributed by atoms with van der Waals surface area (Å²) in [6.07, 6.45) is 1.50. The van der Waals surface area contributed by atoms with Crippen LogP contribution in [0.5, 0.6) is 0 Å². The van der Waals surface area contributed by atoms with E-state index in [1.54, 1.807) is 23.6 Å². The zero-order valence-corrected chi connectivity index (χ0v) is 21.1. The van der Waals surface area contributed by atoms with Gasteiger partial charge in [0.05, 0.1) is 22.8 Å². The Balaban J connectivity index is 2.06. The third-order valence-electron chi connectivity index (χ3n) is 4.78. The Morgan fingerprint density at radius 1 is 1.12 bits per heavy atom. The Labute approximate surface area is 206 Å². The van der Waals surface area contributed by atoms with Gasteiger partial charge in [-0.3, -0.25) is 13.9 Å². The molecule has 11 heteroatoms. The molecule has 0 radical (unpaired) electrons. The summed E-state index contributed by atoms with van der Waals surface area (Å²) < 4.78 is 33.9. The number of rotatable bonds is 9. The number of sulfonamides is 1. The highest BCUT2D eigenvalue weighted by Gasteiger charge is 2.29. The molecule has 0 saturated heterocycles. The van der Waals surface area contributed by atoms with Gasteiger partial charge in [-0.2, -0.15) is 0 Å². The summed E-state index contributed by atoms with van der Waals surface area (Å²) in [4.78, 5) is 24.4. The monoisotopic (exact) mass is 528 g/mol. The predicted molar refractivity (Wildman–Crippen MR) is 132 cm³/mol. The van der Waals surface area contributed by atoms with Crippen molar-refractivity contribution in [3.05, 3.63) is 57.4 Å². The molecule has 0 aliphatic rings. The number of fused-ring (bicyclic) bond motifs is 1. The number of anilines is 1. The molecule has 3 aromatic rings. The summed E-state index contributed by atoms with van der Waals surface area (Å²) in [5.41, 5.74) is 0.732. The molecule has 0 aliphatic carbocycles. The van der Waals surface area contributed by atoms with Crippen LogP contribution in [-0.2, 0) is 19.6 Å². The van der Waals surface area contributed by atoms with Crippen molar-refractivity contribution in [3.8, 4) is 0 Å². The number of nitrogens with zero attached hydrogens (tertiary/aromatic N) is 1. The molecule has 1 aromatic heterocycles. The van der Waals surface area contributed by atoms with E-state index in [4.69, 9.17) is 27.9 Å². The van der Waals surface area contributed by atoms with Gasteiger partial charge in [-0.1, -0.05) is 42.6 Å². The Morgan fingerprint density at radius 3 is 2.45 bits per heavy atom. The number of halogens is 2. The van der Waals surface area contributed by atoms with Crippen molar-refractivity contribution in [3.63, 3.8) is 0 Å². The first-order chi connectivity index (χ1) is 15.7. The molecule has 1 N–H and O–H groups in total. The lowest BCUT2D eigenvalue weighted by molar-refractivity contribution is -0.141. The van der Waals surface area contributed by atoms with Gasteiger partial charge in [0, 0.05) is 32.6 Å². The second-order valence-electron chi connectivity index (χ2n) is 7.10. The quantitative estimate of drug-likeness (QED) is 0.307. The SMILES string of the molecule is CCCCOC(=O)CN(c1ccc2c(C(=O)NC)csc2c1)S(=O)(=O)c1cc(Cl)cc(Cl)c1. The van der Waals surface area contributed by atoms with Gasteiger partial charge in [-0.25, -0.2) is 8.42 Å². The maximum atomic E-state index is 13.5. The van der Waals surface area contributed by atoms with Gasteiger partial charge in [0.15, 0.2) is 0 Å². The van der Waals surface area contributed by atoms with E-state index in [0.29, 0.717) is 22.1 Å². The molecule has 2 aromatic carbocycles. The maximum Gasteiger partial charge on any atom is 0.326 e. The number of ether oxygens (including phenoxy) is 1. The standard InChI is InChI=1S/C22H22Cl2N2O5S2/c1-3-4-7-31-21(27)12-26(33(29,30)17-9-14(23)8-15(24)10-17)16-5-6-18-19(22(28)25-2)13-32-20(18)11-16/h5-6,8-11,13H,3-4,7,12H2,1-2H3,(H,25,28). The predicted octanol–water partition coefficient (Wildman–Crippen LogP) is 5.11. The Morgan fingerprint density at radius 2 is 1.82 bits per heavy atom. The van der Waals surface area contributed by atoms with E-state index in [0.717, 1.165) is 10.7 Å². The van der Waals surface area contributed by atoms with E-state index < -0.39 is 22.5 Å². The molecule has 0 spiro atoms. The van der Waals surface area contributed by atoms with Crippen molar-refractivity contribution in [2.45, 2.75) is 24.7 Å². The minimum Gasteiger partial charge on any atom is -0.464 e. The minimum absolute atomic E-state index is 0.149. The summed E-state index contributed by atoms with van der Waals surface area (Å²) >= 11 is 13.3. The van der Waals surface area contributed by atoms with Crippen LogP contribution < -0.4 is 9.62 Å². The molecule has 7 nitrogen and oxygen atoms in total. The van der Waals surface area contributed by atoms with Crippen LogP contribution in [0.15, 0.2) is 46.7 Å². The van der Waals surface area contributed by atoms with Crippen molar-refractivity contribution in [2.75, 3.05) is 24.5 Å². The number of hydrogen-bond donors (Lipinski definition) is 1. The molecule has 0 saturated carbocycles. The van der Waals surface area contributed by atoms with E-state index in [2.05, 4.69) is 5.32 Å². The Kier molecular flexibility index (Phi) is 8.23. The van der Waals surface area contributed by atoms with Crippen molar-refractivity contribution >= 4 is 72.2 Å². The van der Waals surface area contributed by atoms with E-state index in [-0.39, 0.29) is 33.1 Å². The van der Waals surface area contributed by atoms with Crippen molar-refractivity contribution in [1.82, 2.24) is 5.32 Å². The molecule has 33 heavy (non-hydrogen) atoms. The van der Waals surface area contributed by atoms with Gasteiger partial charge in [-0.15, -0.1) is 11.3 Å². The van der Waals surface area contributed by atoms with E-state index >= 15 is 0 Å². The lowest BCUT2D eigenvalue weighted by Crippen LogP contribution is -2.36. The third-order valence-corrected chi connectivity index (χ3v) is 7.91. The summed E-state index contributed by atoms with van der Waals surface area (Å²) in [5, 5.41) is 5.25. The molecule has 1 amide bonds. The number of thiophene rings is 1. The highest BCUT2D eigenvalue weighted by atomic mass is 35.5. The van der Waals surface area contributed by atoms with Gasteiger partial charge >= 0.3 is 5.97 Å². The first-order valence-corrected chi connectivity index (χ1v) is 13.1. The molecule has 3 rings (SSSR count). The average Bonchev–Trinajstić information content (AvgIpc) is 3.19. The van der Waals surface area contributed by atoms with Gasteiger partial charge < -0.3 is 10.1 Å². The Bertz CT molecular complexity index is 1270. The number of benzene rings is 2. The smallest absolute Gasteiger partial charge is 0.326 e. The average molecular weight is 529 g/mol. The van der Waals surface area contributed by atoms with Crippen molar-refractivity contribution < 1.29 is 22.7 Å². The number of amides is 1. The lowest BCUT2D eigenvalue weighted by atomic mass is 10.1. The van der Waals surface area contributed by atoms with E-state index in [1.807, 2.05) is 6.92 Å². The van der Waals surface area contributed by atoms with Crippen LogP contribution in [0.25, 0.3) is 10.1 Å². The zero-order valence-electron chi connectivity index (χ0n) is 17.9. The van der Waals surface area contributed by atoms with Crippen molar-refractivity contribution in [1.29, 1.82) is 0 Å². The van der Waals surface area contributed by atoms with Crippen LogP contribution in [0.3, 0.4) is 0 Å². The Hall–Kier alpha value is -2.33. The molecular formula is C22H22Cl2N2O5S2. The van der Waals surface area contributed by atoms with Crippen molar-refractivity contribution in [2.24, 2.45) is 0 Å². The van der Waals surface area contributed by atoms with Crippen LogP contribution in [0.1, 0.15) is 30.1 Å². The molecule has 0 atom stereocenters. The molecule has 0 unspecified atom stereocenters. The molecular weight excluding hydrogens is 507 g/mol. The summed E-state index contributed by atoms with van der Waals surface area (Å²) in [7, 11) is -2.68. The number of unbranched alkanes of at least 4 members (excludes halogenated alkanes) is 1. The van der Waals surface area contributed by atoms with E-state index in [9.17, 15) is 18.0 Å². The van der Waals surface area contributed by atoms with Crippen LogP contribution in [-0.4, -0.2) is 40.5 Å². The van der Waals surface area contributed by atoms with Gasteiger partial charge in [0.2, 0.25) is 0 Å². The van der Waals surface area contributed by atoms with Crippen LogP contribution in [0.4, 0.5) is 5.69 Å². The number of carbonyl (C=O) groups excluding carboxylic acids is 2. The highest BCUT2D eigenvalue weighted by molar-refractivity contribution is 7.92. The lowest BCUT2D eigenvalue weighted by Gasteiger charge is -2.24. The highest BCUT2D eigenvalue weighted by Crippen LogP contribution is 2.33. The molecule has 0 bridgehead atoms. The van der Waals surface area contributed by atoms with Gasteiger partial charge in [0.25, 0.3) is 15.9 Å². The fourth-order valence-corrected chi connectivity index (χ4v) is 6.20. The second kappa shape index (κ2) is 10.7. The maximum absolute atomic E-state index is 13.5. The normalized spacial score (nSPS) is 11.4. The second-order valence-corrected chi connectivity index (χ2v) is 10.7. The zero-order chi connectivity index (χ0) is 24.2. The number of carbonyl (C=O) groups is 2. The molecule has 176 valence electrons. The van der Waals surface area contributed by atoms with Crippen LogP contribution in [0.2, 0.25) is 10.0 Å². The number of nitrogens with one attached hydrogen (secondary N) is 1. The summed E-state index contributed by atoms with van der Waals surface area (Å²) in [6.45, 7) is 1.62. The topological polar surface area (TPSA) is 92.8 Å². The van der Waals surface area contributed by atoms with Gasteiger partial charge in [0.1, 0.15) is 6.54 Å². The number of esters is 1. The van der Waals surface area contributed by atoms with Gasteiger partial charge in [-0.05, 0) is 36.8 Å². The largest absolute Gasteiger partial charge is 0.464 e. The van der Waals surface area contributed by atoms with E-state index in [1.165, 1.54) is 36.6 Å². The fraction of sp³-hybridized carbons (Fsp3) is 0.273. The summed E-state index contributed by atoms with van der Waals surface area (Å²) in [6, 6.07) is 8.78. The third kappa shape index (κ3) is 5.78. The minimum atomic E-state index is -4.22. The first kappa shape index (κ1) is 25.3. The molecule has 1 heterocycles. The number of hydrogen-bond acceptors (Lipinski definition) is 6. The fourth-order valence-electron chi connectivity index (χ4n) is 3.10. The summed E-state index contributed by atoms with van der Waals surface area (Å²) in [5.74, 6) is -0.927.